The van der Waals surface area contributed by atoms with Crippen LogP contribution in [-0.4, -0.2) is 35.7 Å². The number of benzene rings is 2. The summed E-state index contributed by atoms with van der Waals surface area (Å²) < 4.78 is 0. The highest BCUT2D eigenvalue weighted by Gasteiger charge is 2.42. The van der Waals surface area contributed by atoms with Gasteiger partial charge < -0.3 is 4.90 Å². The molecular weight excluding hydrogens is 458 g/mol. The van der Waals surface area contributed by atoms with Gasteiger partial charge in [0.15, 0.2) is 0 Å². The van der Waals surface area contributed by atoms with E-state index in [9.17, 15) is 14.4 Å². The SMILES string of the molecule is O=C(c1ccc(N2C(=O)c3c(Cl)c(Cl)c(Cl)c(Cl)c3C2=O)cc1)N1CCCCC1. The van der Waals surface area contributed by atoms with E-state index >= 15 is 0 Å². The summed E-state index contributed by atoms with van der Waals surface area (Å²) >= 11 is 24.4. The van der Waals surface area contributed by atoms with Crippen LogP contribution in [-0.2, 0) is 0 Å². The highest BCUT2D eigenvalue weighted by atomic mass is 35.5. The minimum Gasteiger partial charge on any atom is -0.339 e. The first-order valence-corrected chi connectivity index (χ1v) is 10.5. The highest BCUT2D eigenvalue weighted by molar-refractivity contribution is 6.56. The maximum Gasteiger partial charge on any atom is 0.267 e. The molecule has 0 bridgehead atoms. The number of likely N-dealkylation sites (tertiary alicyclic amines) is 1. The van der Waals surface area contributed by atoms with Gasteiger partial charge in [-0.2, -0.15) is 0 Å². The molecule has 0 radical (unpaired) electrons. The molecule has 0 unspecified atom stereocenters. The molecule has 2 aliphatic heterocycles. The van der Waals surface area contributed by atoms with Crippen molar-refractivity contribution in [2.45, 2.75) is 19.3 Å². The number of carbonyl (C=O) groups excluding carboxylic acids is 3. The summed E-state index contributed by atoms with van der Waals surface area (Å²) in [6.45, 7) is 1.47. The standard InChI is InChI=1S/C20H14Cl4N2O3/c21-14-12-13(15(22)17(24)16(14)23)20(29)26(19(12)28)11-6-4-10(5-7-11)18(27)25-8-2-1-3-9-25/h4-7H,1-3,8-9H2. The molecule has 9 heteroatoms. The lowest BCUT2D eigenvalue weighted by atomic mass is 10.1. The Kier molecular flexibility index (Phi) is 5.51. The summed E-state index contributed by atoms with van der Waals surface area (Å²) in [5, 5.41) is -0.396. The first kappa shape index (κ1) is 20.5. The van der Waals surface area contributed by atoms with Crippen LogP contribution < -0.4 is 4.90 Å². The van der Waals surface area contributed by atoms with Gasteiger partial charge in [0.1, 0.15) is 0 Å². The Bertz CT molecular complexity index is 1000. The molecule has 1 saturated heterocycles. The van der Waals surface area contributed by atoms with Crippen molar-refractivity contribution in [2.24, 2.45) is 0 Å². The van der Waals surface area contributed by atoms with E-state index in [0.717, 1.165) is 37.3 Å². The van der Waals surface area contributed by atoms with Gasteiger partial charge in [-0.1, -0.05) is 46.4 Å². The number of piperidine rings is 1. The van der Waals surface area contributed by atoms with Crippen LogP contribution in [0.3, 0.4) is 0 Å². The number of nitrogens with zero attached hydrogens (tertiary/aromatic N) is 2. The fourth-order valence-electron chi connectivity index (χ4n) is 3.62. The Morgan fingerprint density at radius 2 is 1.21 bits per heavy atom. The van der Waals surface area contributed by atoms with Crippen molar-refractivity contribution in [1.82, 2.24) is 4.90 Å². The average molecular weight is 472 g/mol. The molecule has 1 fully saturated rings. The maximum absolute atomic E-state index is 12.9. The van der Waals surface area contributed by atoms with Crippen molar-refractivity contribution >= 4 is 69.8 Å². The molecule has 2 aromatic carbocycles. The molecule has 2 aliphatic rings. The van der Waals surface area contributed by atoms with Gasteiger partial charge in [-0.15, -0.1) is 0 Å². The number of amides is 3. The monoisotopic (exact) mass is 470 g/mol. The lowest BCUT2D eigenvalue weighted by Gasteiger charge is -2.26. The number of halogens is 4. The van der Waals surface area contributed by atoms with E-state index in [-0.39, 0.29) is 37.1 Å². The first-order valence-electron chi connectivity index (χ1n) is 8.97. The van der Waals surface area contributed by atoms with Crippen LogP contribution in [0.5, 0.6) is 0 Å². The lowest BCUT2D eigenvalue weighted by Crippen LogP contribution is -2.35. The van der Waals surface area contributed by atoms with Gasteiger partial charge in [0.05, 0.1) is 36.9 Å². The van der Waals surface area contributed by atoms with E-state index in [4.69, 9.17) is 46.4 Å². The molecule has 4 rings (SSSR count). The molecule has 2 aromatic rings. The number of carbonyl (C=O) groups is 3. The van der Waals surface area contributed by atoms with E-state index in [1.807, 2.05) is 4.90 Å². The fraction of sp³-hybridized carbons (Fsp3) is 0.250. The predicted molar refractivity (Wildman–Crippen MR) is 114 cm³/mol. The van der Waals surface area contributed by atoms with Crippen molar-refractivity contribution in [3.8, 4) is 0 Å². The minimum atomic E-state index is -0.648. The van der Waals surface area contributed by atoms with Gasteiger partial charge >= 0.3 is 0 Å². The van der Waals surface area contributed by atoms with E-state index < -0.39 is 11.8 Å². The molecule has 0 spiro atoms. The van der Waals surface area contributed by atoms with Gasteiger partial charge in [-0.3, -0.25) is 14.4 Å². The second kappa shape index (κ2) is 7.80. The van der Waals surface area contributed by atoms with E-state index in [1.165, 1.54) is 0 Å². The molecule has 2 heterocycles. The zero-order chi connectivity index (χ0) is 20.9. The van der Waals surface area contributed by atoms with Crippen LogP contribution >= 0.6 is 46.4 Å². The maximum atomic E-state index is 12.9. The largest absolute Gasteiger partial charge is 0.339 e. The Morgan fingerprint density at radius 3 is 1.69 bits per heavy atom. The first-order chi connectivity index (χ1) is 13.8. The van der Waals surface area contributed by atoms with Crippen LogP contribution in [0.15, 0.2) is 24.3 Å². The number of fused-ring (bicyclic) bond motifs is 1. The normalized spacial score (nSPS) is 16.4. The van der Waals surface area contributed by atoms with E-state index in [2.05, 4.69) is 0 Å². The molecule has 150 valence electrons. The number of hydrogen-bond donors (Lipinski definition) is 0. The van der Waals surface area contributed by atoms with Crippen LogP contribution in [0, 0.1) is 0 Å². The lowest BCUT2D eigenvalue weighted by molar-refractivity contribution is 0.0724. The molecule has 0 aliphatic carbocycles. The minimum absolute atomic E-state index is 0.0664. The Morgan fingerprint density at radius 1 is 0.724 bits per heavy atom. The Labute approximate surface area is 187 Å². The van der Waals surface area contributed by atoms with Crippen LogP contribution in [0.4, 0.5) is 5.69 Å². The third-order valence-electron chi connectivity index (χ3n) is 5.12. The number of imide groups is 1. The van der Waals surface area contributed by atoms with E-state index in [0.29, 0.717) is 11.3 Å². The van der Waals surface area contributed by atoms with Crippen LogP contribution in [0.2, 0.25) is 20.1 Å². The van der Waals surface area contributed by atoms with Crippen molar-refractivity contribution in [1.29, 1.82) is 0 Å². The summed E-state index contributed by atoms with van der Waals surface area (Å²) in [6.07, 6.45) is 3.11. The summed E-state index contributed by atoms with van der Waals surface area (Å²) in [4.78, 5) is 41.2. The molecule has 0 atom stereocenters. The molecule has 0 aromatic heterocycles. The van der Waals surface area contributed by atoms with Gasteiger partial charge in [-0.25, -0.2) is 4.90 Å². The second-order valence-electron chi connectivity index (χ2n) is 6.85. The molecular formula is C20H14Cl4N2O3. The third kappa shape index (κ3) is 3.30. The van der Waals surface area contributed by atoms with Crippen molar-refractivity contribution in [2.75, 3.05) is 18.0 Å². The zero-order valence-electron chi connectivity index (χ0n) is 15.0. The van der Waals surface area contributed by atoms with Crippen molar-refractivity contribution in [3.05, 3.63) is 61.0 Å². The quantitative estimate of drug-likeness (QED) is 0.319. The summed E-state index contributed by atoms with van der Waals surface area (Å²) in [7, 11) is 0. The molecule has 0 N–H and O–H groups in total. The van der Waals surface area contributed by atoms with Gasteiger partial charge in [0, 0.05) is 18.7 Å². The molecule has 5 nitrogen and oxygen atoms in total. The van der Waals surface area contributed by atoms with E-state index in [1.54, 1.807) is 24.3 Å². The number of rotatable bonds is 2. The van der Waals surface area contributed by atoms with Gasteiger partial charge in [0.2, 0.25) is 0 Å². The average Bonchev–Trinajstić information content (AvgIpc) is 3.01. The van der Waals surface area contributed by atoms with Crippen LogP contribution in [0.25, 0.3) is 0 Å². The van der Waals surface area contributed by atoms with Crippen molar-refractivity contribution in [3.63, 3.8) is 0 Å². The Balaban J connectivity index is 1.66. The summed E-state index contributed by atoms with van der Waals surface area (Å²) in [5.74, 6) is -1.36. The zero-order valence-corrected chi connectivity index (χ0v) is 18.0. The molecule has 0 saturated carbocycles. The number of hydrogen-bond acceptors (Lipinski definition) is 3. The number of anilines is 1. The Hall–Kier alpha value is -1.79. The fourth-order valence-corrected chi connectivity index (χ4v) is 4.63. The van der Waals surface area contributed by atoms with Crippen molar-refractivity contribution < 1.29 is 14.4 Å². The summed E-state index contributed by atoms with van der Waals surface area (Å²) in [6, 6.07) is 6.28. The van der Waals surface area contributed by atoms with Crippen LogP contribution in [0.1, 0.15) is 50.3 Å². The van der Waals surface area contributed by atoms with Gasteiger partial charge in [0.25, 0.3) is 17.7 Å². The predicted octanol–water partition coefficient (Wildman–Crippen LogP) is 5.73. The third-order valence-corrected chi connectivity index (χ3v) is 6.92. The topological polar surface area (TPSA) is 57.7 Å². The molecule has 3 amide bonds. The summed E-state index contributed by atoms with van der Waals surface area (Å²) in [5.41, 5.74) is 0.634. The molecule has 29 heavy (non-hydrogen) atoms. The second-order valence-corrected chi connectivity index (χ2v) is 8.36. The highest BCUT2D eigenvalue weighted by Crippen LogP contribution is 2.45. The smallest absolute Gasteiger partial charge is 0.267 e. The van der Waals surface area contributed by atoms with Gasteiger partial charge in [-0.05, 0) is 43.5 Å².